The molecule has 1 heterocycles. The number of likely N-dealkylation sites (N-methyl/N-ethyl adjacent to an activating group) is 1. The van der Waals surface area contributed by atoms with Crippen LogP contribution < -0.4 is 5.32 Å². The second-order valence-corrected chi connectivity index (χ2v) is 6.12. The highest BCUT2D eigenvalue weighted by molar-refractivity contribution is 6.33. The lowest BCUT2D eigenvalue weighted by molar-refractivity contribution is 0.0799. The Balaban J connectivity index is 2.03. The molecule has 20 heavy (non-hydrogen) atoms. The molecule has 1 amide bonds. The number of nitrogens with zero attached hydrogens (tertiary/aromatic N) is 2. The molecule has 0 atom stereocenters. The summed E-state index contributed by atoms with van der Waals surface area (Å²) in [4.78, 5) is 18.4. The van der Waals surface area contributed by atoms with Crippen LogP contribution in [0.2, 0.25) is 5.02 Å². The van der Waals surface area contributed by atoms with Crippen LogP contribution in [0.25, 0.3) is 0 Å². The third kappa shape index (κ3) is 3.30. The summed E-state index contributed by atoms with van der Waals surface area (Å²) >= 11 is 6.03. The Hall–Kier alpha value is -1.13. The Kier molecular flexibility index (Phi) is 5.00. The van der Waals surface area contributed by atoms with Gasteiger partial charge in [0.25, 0.3) is 5.91 Å². The number of carbonyl (C=O) groups excluding carboxylic acids is 1. The van der Waals surface area contributed by atoms with Crippen molar-refractivity contribution in [3.8, 4) is 0 Å². The maximum absolute atomic E-state index is 12.2. The van der Waals surface area contributed by atoms with Gasteiger partial charge >= 0.3 is 0 Å². The van der Waals surface area contributed by atoms with E-state index in [0.29, 0.717) is 17.1 Å². The first-order chi connectivity index (χ1) is 9.55. The molecule has 0 radical (unpaired) electrons. The quantitative estimate of drug-likeness (QED) is 0.929. The fourth-order valence-electron chi connectivity index (χ4n) is 2.88. The summed E-state index contributed by atoms with van der Waals surface area (Å²) < 4.78 is 0. The Morgan fingerprint density at radius 2 is 2.10 bits per heavy atom. The van der Waals surface area contributed by atoms with Gasteiger partial charge in [-0.25, -0.2) is 0 Å². The Morgan fingerprint density at radius 3 is 2.70 bits per heavy atom. The van der Waals surface area contributed by atoms with Gasteiger partial charge in [-0.05, 0) is 33.0 Å². The molecule has 5 heteroatoms. The van der Waals surface area contributed by atoms with Gasteiger partial charge in [0.05, 0.1) is 10.6 Å². The average molecular weight is 296 g/mol. The molecule has 1 aliphatic rings. The molecular formula is C15H22ClN3O. The van der Waals surface area contributed by atoms with Crippen molar-refractivity contribution < 1.29 is 4.79 Å². The summed E-state index contributed by atoms with van der Waals surface area (Å²) in [7, 11) is 4.18. The van der Waals surface area contributed by atoms with E-state index < -0.39 is 0 Å². The number of hydrogen-bond donors (Lipinski definition) is 1. The first-order valence-electron chi connectivity index (χ1n) is 7.10. The van der Waals surface area contributed by atoms with Crippen LogP contribution in [0.15, 0.2) is 18.5 Å². The van der Waals surface area contributed by atoms with Crippen LogP contribution in [-0.2, 0) is 0 Å². The van der Waals surface area contributed by atoms with E-state index in [9.17, 15) is 4.79 Å². The smallest absolute Gasteiger partial charge is 0.254 e. The van der Waals surface area contributed by atoms with Crippen LogP contribution in [0.4, 0.5) is 0 Å². The molecule has 1 N–H and O–H groups in total. The Labute approximate surface area is 125 Å². The first-order valence-corrected chi connectivity index (χ1v) is 7.48. The van der Waals surface area contributed by atoms with Crippen molar-refractivity contribution in [2.45, 2.75) is 37.6 Å². The van der Waals surface area contributed by atoms with Gasteiger partial charge in [-0.1, -0.05) is 30.9 Å². The largest absolute Gasteiger partial charge is 0.350 e. The van der Waals surface area contributed by atoms with Crippen molar-refractivity contribution >= 4 is 17.5 Å². The van der Waals surface area contributed by atoms with Crippen molar-refractivity contribution in [2.24, 2.45) is 0 Å². The molecule has 0 unspecified atom stereocenters. The normalized spacial score (nSPS) is 18.0. The zero-order chi connectivity index (χ0) is 14.6. The fourth-order valence-corrected chi connectivity index (χ4v) is 3.07. The number of nitrogens with one attached hydrogen (secondary N) is 1. The van der Waals surface area contributed by atoms with Crippen molar-refractivity contribution in [1.29, 1.82) is 0 Å². The van der Waals surface area contributed by atoms with Crippen LogP contribution in [0.5, 0.6) is 0 Å². The fraction of sp³-hybridized carbons (Fsp3) is 0.600. The van der Waals surface area contributed by atoms with E-state index in [2.05, 4.69) is 29.3 Å². The molecule has 0 saturated heterocycles. The highest BCUT2D eigenvalue weighted by Crippen LogP contribution is 2.31. The number of halogens is 1. The third-order valence-corrected chi connectivity index (χ3v) is 4.65. The lowest BCUT2D eigenvalue weighted by Crippen LogP contribution is -2.53. The summed E-state index contributed by atoms with van der Waals surface area (Å²) in [5.74, 6) is -0.144. The monoisotopic (exact) mass is 295 g/mol. The van der Waals surface area contributed by atoms with Gasteiger partial charge < -0.3 is 10.2 Å². The van der Waals surface area contributed by atoms with E-state index in [1.165, 1.54) is 25.5 Å². The predicted molar refractivity (Wildman–Crippen MR) is 81.1 cm³/mol. The van der Waals surface area contributed by atoms with Crippen LogP contribution in [0, 0.1) is 0 Å². The van der Waals surface area contributed by atoms with Gasteiger partial charge in [0.2, 0.25) is 0 Å². The van der Waals surface area contributed by atoms with Crippen LogP contribution in [-0.4, -0.2) is 42.0 Å². The predicted octanol–water partition coefficient (Wildman–Crippen LogP) is 2.73. The summed E-state index contributed by atoms with van der Waals surface area (Å²) in [6, 6.07) is 1.64. The van der Waals surface area contributed by atoms with Crippen molar-refractivity contribution in [3.63, 3.8) is 0 Å². The van der Waals surface area contributed by atoms with E-state index in [4.69, 9.17) is 11.6 Å². The summed E-state index contributed by atoms with van der Waals surface area (Å²) in [6.07, 6.45) is 9.09. The molecule has 1 fully saturated rings. The van der Waals surface area contributed by atoms with Gasteiger partial charge in [0, 0.05) is 24.5 Å². The molecule has 0 bridgehead atoms. The molecule has 110 valence electrons. The summed E-state index contributed by atoms with van der Waals surface area (Å²) in [6.45, 7) is 0.657. The Bertz CT molecular complexity index is 470. The lowest BCUT2D eigenvalue weighted by atomic mass is 9.80. The van der Waals surface area contributed by atoms with Gasteiger partial charge in [-0.15, -0.1) is 0 Å². The van der Waals surface area contributed by atoms with Crippen molar-refractivity contribution in [3.05, 3.63) is 29.0 Å². The number of hydrogen-bond acceptors (Lipinski definition) is 3. The maximum atomic E-state index is 12.2. The molecule has 2 rings (SSSR count). The highest BCUT2D eigenvalue weighted by Gasteiger charge is 2.34. The zero-order valence-electron chi connectivity index (χ0n) is 12.2. The minimum absolute atomic E-state index is 0.0720. The van der Waals surface area contributed by atoms with Crippen molar-refractivity contribution in [1.82, 2.24) is 15.2 Å². The standard InChI is InChI=1S/C15H22ClN3O/c1-19(2)15(7-4-3-5-8-15)11-18-14(20)12-10-17-9-6-13(12)16/h6,9-10H,3-5,7-8,11H2,1-2H3,(H,18,20). The number of pyridine rings is 1. The highest BCUT2D eigenvalue weighted by atomic mass is 35.5. The second-order valence-electron chi connectivity index (χ2n) is 5.72. The molecular weight excluding hydrogens is 274 g/mol. The molecule has 1 saturated carbocycles. The molecule has 1 aliphatic carbocycles. The summed E-state index contributed by atoms with van der Waals surface area (Å²) in [5, 5.41) is 3.47. The molecule has 0 aliphatic heterocycles. The minimum atomic E-state index is -0.144. The van der Waals surface area contributed by atoms with Crippen molar-refractivity contribution in [2.75, 3.05) is 20.6 Å². The van der Waals surface area contributed by atoms with Gasteiger partial charge in [-0.2, -0.15) is 0 Å². The number of carbonyl (C=O) groups is 1. The van der Waals surface area contributed by atoms with Gasteiger partial charge in [-0.3, -0.25) is 9.78 Å². The SMILES string of the molecule is CN(C)C1(CNC(=O)c2cnccc2Cl)CCCCC1. The number of rotatable bonds is 4. The number of amides is 1. The van der Waals surface area contributed by atoms with Gasteiger partial charge in [0.1, 0.15) is 0 Å². The zero-order valence-corrected chi connectivity index (χ0v) is 12.9. The molecule has 1 aromatic rings. The molecule has 0 spiro atoms. The van der Waals surface area contributed by atoms with Crippen LogP contribution in [0.3, 0.4) is 0 Å². The molecule has 1 aromatic heterocycles. The molecule has 4 nitrogen and oxygen atoms in total. The summed E-state index contributed by atoms with van der Waals surface area (Å²) in [5.41, 5.74) is 0.515. The first kappa shape index (κ1) is 15.3. The number of aromatic nitrogens is 1. The topological polar surface area (TPSA) is 45.2 Å². The molecule has 0 aromatic carbocycles. The van der Waals surface area contributed by atoms with Gasteiger partial charge in [0.15, 0.2) is 0 Å². The van der Waals surface area contributed by atoms with Crippen LogP contribution >= 0.6 is 11.6 Å². The van der Waals surface area contributed by atoms with Crippen LogP contribution in [0.1, 0.15) is 42.5 Å². The third-order valence-electron chi connectivity index (χ3n) is 4.32. The second kappa shape index (κ2) is 6.55. The average Bonchev–Trinajstić information content (AvgIpc) is 2.46. The van der Waals surface area contributed by atoms with E-state index in [-0.39, 0.29) is 11.4 Å². The maximum Gasteiger partial charge on any atom is 0.254 e. The minimum Gasteiger partial charge on any atom is -0.350 e. The van der Waals surface area contributed by atoms with E-state index in [1.54, 1.807) is 12.3 Å². The van der Waals surface area contributed by atoms with E-state index in [0.717, 1.165) is 12.8 Å². The van der Waals surface area contributed by atoms with E-state index >= 15 is 0 Å². The lowest BCUT2D eigenvalue weighted by Gasteiger charge is -2.43. The van der Waals surface area contributed by atoms with E-state index in [1.807, 2.05) is 0 Å². The Morgan fingerprint density at radius 1 is 1.40 bits per heavy atom.